The number of likely N-dealkylation sites (N-methyl/N-ethyl adjacent to an activating group) is 1. The summed E-state index contributed by atoms with van der Waals surface area (Å²) < 4.78 is 47.9. The summed E-state index contributed by atoms with van der Waals surface area (Å²) in [6.45, 7) is 7.73. The molecule has 2 atom stereocenters. The molecule has 0 radical (unpaired) electrons. The molecule has 1 fully saturated rings. The van der Waals surface area contributed by atoms with E-state index in [0.717, 1.165) is 26.2 Å². The van der Waals surface area contributed by atoms with E-state index in [-0.39, 0.29) is 46.5 Å². The Kier molecular flexibility index (Phi) is 13.4. The average molecular weight is 968 g/mol. The first kappa shape index (κ1) is 46.0. The number of nitrogens with zero attached hydrogens (tertiary/aromatic N) is 6. The van der Waals surface area contributed by atoms with Crippen molar-refractivity contribution >= 4 is 46.3 Å². The highest BCUT2D eigenvalue weighted by molar-refractivity contribution is 6.39. The first-order chi connectivity index (χ1) is 32.4. The summed E-state index contributed by atoms with van der Waals surface area (Å²) in [6.07, 6.45) is 2.51. The molecule has 0 spiro atoms. The van der Waals surface area contributed by atoms with Gasteiger partial charge in [0.05, 0.1) is 28.4 Å². The fourth-order valence-electron chi connectivity index (χ4n) is 8.61. The van der Waals surface area contributed by atoms with Crippen molar-refractivity contribution in [2.24, 2.45) is 0 Å². The molecule has 0 saturated carbocycles. The Bertz CT molecular complexity index is 2950. The van der Waals surface area contributed by atoms with Crippen LogP contribution in [0.25, 0.3) is 39.2 Å². The van der Waals surface area contributed by atoms with Gasteiger partial charge in [-0.2, -0.15) is 0 Å². The van der Waals surface area contributed by atoms with Gasteiger partial charge in [-0.05, 0) is 91.7 Å². The van der Waals surface area contributed by atoms with Crippen LogP contribution >= 0.6 is 34.8 Å². The number of carboxylic acids is 1. The molecule has 3 aliphatic rings. The number of aliphatic carboxylic acids is 1. The molecule has 7 aromatic rings. The zero-order chi connectivity index (χ0) is 46.9. The number of hydrogen-bond acceptors (Lipinski definition) is 11. The van der Waals surface area contributed by atoms with Crippen LogP contribution in [-0.2, 0) is 17.8 Å². The lowest BCUT2D eigenvalue weighted by molar-refractivity contribution is -0.145. The summed E-state index contributed by atoms with van der Waals surface area (Å²) in [7, 11) is 3.68. The van der Waals surface area contributed by atoms with Crippen molar-refractivity contribution in [3.63, 3.8) is 0 Å². The van der Waals surface area contributed by atoms with E-state index in [4.69, 9.17) is 63.5 Å². The van der Waals surface area contributed by atoms with Gasteiger partial charge in [0.25, 0.3) is 0 Å². The Hall–Kier alpha value is -6.16. The van der Waals surface area contributed by atoms with Crippen molar-refractivity contribution in [1.29, 1.82) is 0 Å². The lowest BCUT2D eigenvalue weighted by atomic mass is 9.90. The van der Waals surface area contributed by atoms with Crippen LogP contribution in [0.1, 0.15) is 22.4 Å². The van der Waals surface area contributed by atoms with Crippen molar-refractivity contribution in [2.45, 2.75) is 39.1 Å². The summed E-state index contributed by atoms with van der Waals surface area (Å²) in [5.74, 6) is 0.438. The summed E-state index contributed by atoms with van der Waals surface area (Å²) in [6, 6.07) is 20.3. The van der Waals surface area contributed by atoms with E-state index < -0.39 is 24.0 Å². The van der Waals surface area contributed by atoms with Crippen molar-refractivity contribution in [2.75, 3.05) is 53.5 Å². The number of aromatic nitrogens is 4. The zero-order valence-corrected chi connectivity index (χ0v) is 39.3. The molecule has 4 aromatic carbocycles. The Morgan fingerprint density at radius 2 is 1.63 bits per heavy atom. The number of fused-ring (bicyclic) bond motifs is 7. The summed E-state index contributed by atoms with van der Waals surface area (Å²) in [4.78, 5) is 31.8. The normalized spacial score (nSPS) is 16.8. The first-order valence-electron chi connectivity index (χ1n) is 21.6. The smallest absolute Gasteiger partial charge is 0.345 e. The molecule has 3 aliphatic heterocycles. The molecule has 10 rings (SSSR count). The maximum Gasteiger partial charge on any atom is 0.345 e. The highest BCUT2D eigenvalue weighted by Crippen LogP contribution is 2.52. The number of piperazine rings is 1. The molecule has 0 aliphatic carbocycles. The predicted octanol–water partition coefficient (Wildman–Crippen LogP) is 9.89. The van der Waals surface area contributed by atoms with Gasteiger partial charge >= 0.3 is 5.97 Å². The van der Waals surface area contributed by atoms with Crippen LogP contribution in [0.5, 0.6) is 28.9 Å². The van der Waals surface area contributed by atoms with Gasteiger partial charge in [-0.3, -0.25) is 4.90 Å². The second-order valence-corrected chi connectivity index (χ2v) is 17.6. The number of rotatable bonds is 9. The van der Waals surface area contributed by atoms with Crippen molar-refractivity contribution in [1.82, 2.24) is 29.2 Å². The first-order valence-corrected chi connectivity index (χ1v) is 22.8. The molecule has 1 N–H and O–H groups in total. The van der Waals surface area contributed by atoms with Crippen LogP contribution in [0.2, 0.25) is 15.2 Å². The van der Waals surface area contributed by atoms with E-state index in [9.17, 15) is 14.3 Å². The molecule has 17 heteroatoms. The quantitative estimate of drug-likeness (QED) is 0.148. The zero-order valence-electron chi connectivity index (χ0n) is 37.1. The Morgan fingerprint density at radius 1 is 0.881 bits per heavy atom. The lowest BCUT2D eigenvalue weighted by Crippen LogP contribution is -2.49. The van der Waals surface area contributed by atoms with E-state index in [0.29, 0.717) is 85.3 Å². The molecule has 3 aromatic heterocycles. The molecule has 0 amide bonds. The van der Waals surface area contributed by atoms with Crippen LogP contribution in [0.4, 0.5) is 4.39 Å². The molecule has 67 heavy (non-hydrogen) atoms. The third kappa shape index (κ3) is 9.41. The molecule has 6 heterocycles. The third-order valence-corrected chi connectivity index (χ3v) is 13.4. The fraction of sp³-hybridized carbons (Fsp3) is 0.280. The van der Waals surface area contributed by atoms with E-state index in [1.807, 2.05) is 38.1 Å². The lowest BCUT2D eigenvalue weighted by Gasteiger charge is -2.35. The summed E-state index contributed by atoms with van der Waals surface area (Å²) in [5.41, 5.74) is 5.47. The summed E-state index contributed by atoms with van der Waals surface area (Å²) in [5, 5.41) is 11.7. The Morgan fingerprint density at radius 3 is 2.36 bits per heavy atom. The average Bonchev–Trinajstić information content (AvgIpc) is 3.63. The molecule has 13 nitrogen and oxygen atoms in total. The van der Waals surface area contributed by atoms with E-state index in [2.05, 4.69) is 26.8 Å². The molecule has 346 valence electrons. The Labute approximate surface area is 401 Å². The number of para-hydroxylation sites is 1. The van der Waals surface area contributed by atoms with Gasteiger partial charge in [0.15, 0.2) is 11.6 Å². The minimum atomic E-state index is -1.51. The van der Waals surface area contributed by atoms with Crippen molar-refractivity contribution < 1.29 is 38.0 Å². The van der Waals surface area contributed by atoms with Gasteiger partial charge in [0, 0.05) is 74.4 Å². The largest absolute Gasteiger partial charge is 0.496 e. The number of carboxylic acid groups (broad SMARTS) is 1. The van der Waals surface area contributed by atoms with Gasteiger partial charge in [-0.15, -0.1) is 0 Å². The predicted molar refractivity (Wildman–Crippen MR) is 255 cm³/mol. The SMILES string of the molecule is COc1ccccc1-c1nccc(COc2ccc3cc2C[C@H](C(=O)O)Oc2nccn4c(Cl)c(-c5ccc(F)cc5)c(c24)-c2c(C)c(Cl)c(c(Cl)c2C)O[C@H](CN2CCN(C)CC2)CO3)n1. The van der Waals surface area contributed by atoms with E-state index in [1.165, 1.54) is 18.3 Å². The molecule has 0 unspecified atom stereocenters. The van der Waals surface area contributed by atoms with Gasteiger partial charge in [-0.25, -0.2) is 24.1 Å². The fourth-order valence-corrected chi connectivity index (χ4v) is 9.47. The Balaban J connectivity index is 1.18. The van der Waals surface area contributed by atoms with Crippen LogP contribution in [-0.4, -0.2) is 106 Å². The van der Waals surface area contributed by atoms with Crippen LogP contribution < -0.4 is 23.7 Å². The molecular formula is C50H46Cl3FN6O7. The number of hydrogen-bond donors (Lipinski definition) is 1. The number of halogens is 4. The van der Waals surface area contributed by atoms with Crippen molar-refractivity contribution in [3.8, 4) is 62.5 Å². The van der Waals surface area contributed by atoms with Crippen LogP contribution in [0, 0.1) is 19.7 Å². The topological polar surface area (TPSA) is 133 Å². The van der Waals surface area contributed by atoms with E-state index in [1.54, 1.807) is 60.3 Å². The molecular weight excluding hydrogens is 922 g/mol. The minimum Gasteiger partial charge on any atom is -0.496 e. The monoisotopic (exact) mass is 966 g/mol. The highest BCUT2D eigenvalue weighted by Gasteiger charge is 2.33. The second-order valence-electron chi connectivity index (χ2n) is 16.5. The van der Waals surface area contributed by atoms with E-state index >= 15 is 0 Å². The number of carbonyl (C=O) groups is 1. The second kappa shape index (κ2) is 19.6. The highest BCUT2D eigenvalue weighted by atomic mass is 35.5. The number of methoxy groups -OCH3 is 1. The maximum absolute atomic E-state index is 14.4. The summed E-state index contributed by atoms with van der Waals surface area (Å²) >= 11 is 22.0. The van der Waals surface area contributed by atoms with Gasteiger partial charge in [0.2, 0.25) is 12.0 Å². The number of benzene rings is 4. The van der Waals surface area contributed by atoms with Gasteiger partial charge in [0.1, 0.15) is 53.1 Å². The van der Waals surface area contributed by atoms with Gasteiger partial charge < -0.3 is 38.1 Å². The van der Waals surface area contributed by atoms with Crippen LogP contribution in [0.3, 0.4) is 0 Å². The minimum absolute atomic E-state index is 0.0217. The van der Waals surface area contributed by atoms with Crippen molar-refractivity contribution in [3.05, 3.63) is 135 Å². The van der Waals surface area contributed by atoms with Crippen LogP contribution in [0.15, 0.2) is 91.4 Å². The standard InChI is InChI=1S/C50H46Cl3FN6O7/c1-28-40-29(2)44(52)46(43(28)51)66-35(25-59-21-19-58(3)20-22-59)27-64-34-13-14-37(65-26-33-15-16-55-48(57-33)36-7-5-6-8-38(36)63-4)31(23-34)24-39(50(61)62)67-49-45-42(40)41(30-9-11-32(54)12-10-30)47(53)60(45)18-17-56-49/h5-18,23,35,39H,19-22,24-27H2,1-4H3,(H,61,62)/t35-,39-/m1/s1. The maximum atomic E-state index is 14.4. The third-order valence-electron chi connectivity index (χ3n) is 12.1. The molecule has 4 bridgehead atoms. The molecule has 1 saturated heterocycles. The van der Waals surface area contributed by atoms with Gasteiger partial charge in [-0.1, -0.05) is 59.1 Å². The number of ether oxygens (including phenoxy) is 5.